The standard InChI is InChI=1S/C19H18BrClF2N2O3S/c1-11-4-6-25(7-5-11)29(27,28)18-9-13(15(21)10-17(18)23)19(26)24-12-2-3-16(22)14(20)8-12/h2-3,8-11H,4-7H2,1H3,(H,24,26). The molecule has 1 amide bonds. The van der Waals surface area contributed by atoms with Gasteiger partial charge in [-0.3, -0.25) is 4.79 Å². The molecular formula is C19H18BrClF2N2O3S. The number of nitrogens with zero attached hydrogens (tertiary/aromatic N) is 1. The van der Waals surface area contributed by atoms with Gasteiger partial charge in [-0.15, -0.1) is 0 Å². The summed E-state index contributed by atoms with van der Waals surface area (Å²) in [7, 11) is -4.11. The van der Waals surface area contributed by atoms with E-state index in [-0.39, 0.29) is 33.8 Å². The Kier molecular flexibility index (Phi) is 6.62. The van der Waals surface area contributed by atoms with Crippen LogP contribution in [-0.2, 0) is 10.0 Å². The summed E-state index contributed by atoms with van der Waals surface area (Å²) < 4.78 is 55.0. The van der Waals surface area contributed by atoms with Crippen LogP contribution >= 0.6 is 27.5 Å². The lowest BCUT2D eigenvalue weighted by molar-refractivity contribution is 0.102. The van der Waals surface area contributed by atoms with Crippen molar-refractivity contribution in [1.82, 2.24) is 4.31 Å². The molecule has 2 aromatic carbocycles. The number of benzene rings is 2. The predicted octanol–water partition coefficient (Wildman–Crippen LogP) is 5.05. The first-order chi connectivity index (χ1) is 13.6. The van der Waals surface area contributed by atoms with Crippen molar-refractivity contribution in [3.63, 3.8) is 0 Å². The molecule has 0 aromatic heterocycles. The molecule has 0 unspecified atom stereocenters. The van der Waals surface area contributed by atoms with Crippen molar-refractivity contribution in [2.45, 2.75) is 24.7 Å². The first kappa shape index (κ1) is 22.1. The van der Waals surface area contributed by atoms with E-state index in [9.17, 15) is 22.0 Å². The summed E-state index contributed by atoms with van der Waals surface area (Å²) in [6, 6.07) is 5.59. The number of amides is 1. The first-order valence-electron chi connectivity index (χ1n) is 8.85. The minimum Gasteiger partial charge on any atom is -0.322 e. The third-order valence-corrected chi connectivity index (χ3v) is 7.64. The molecule has 10 heteroatoms. The van der Waals surface area contributed by atoms with Gasteiger partial charge in [0.25, 0.3) is 5.91 Å². The predicted molar refractivity (Wildman–Crippen MR) is 111 cm³/mol. The smallest absolute Gasteiger partial charge is 0.257 e. The average molecular weight is 508 g/mol. The molecule has 5 nitrogen and oxygen atoms in total. The highest BCUT2D eigenvalue weighted by molar-refractivity contribution is 9.10. The summed E-state index contributed by atoms with van der Waals surface area (Å²) in [5.41, 5.74) is 0.0653. The van der Waals surface area contributed by atoms with Gasteiger partial charge in [0.1, 0.15) is 16.5 Å². The van der Waals surface area contributed by atoms with Crippen molar-refractivity contribution in [3.8, 4) is 0 Å². The van der Waals surface area contributed by atoms with E-state index in [1.807, 2.05) is 6.92 Å². The Hall–Kier alpha value is -1.55. The number of carbonyl (C=O) groups is 1. The van der Waals surface area contributed by atoms with E-state index < -0.39 is 32.5 Å². The normalized spacial score (nSPS) is 16.0. The zero-order chi connectivity index (χ0) is 21.3. The molecule has 0 saturated carbocycles. The van der Waals surface area contributed by atoms with Crippen molar-refractivity contribution >= 4 is 49.1 Å². The molecule has 0 bridgehead atoms. The second kappa shape index (κ2) is 8.67. The number of nitrogens with one attached hydrogen (secondary N) is 1. The van der Waals surface area contributed by atoms with Crippen LogP contribution in [0.15, 0.2) is 39.7 Å². The molecule has 3 rings (SSSR count). The minimum atomic E-state index is -4.11. The van der Waals surface area contributed by atoms with Gasteiger partial charge in [0, 0.05) is 18.8 Å². The number of anilines is 1. The fourth-order valence-electron chi connectivity index (χ4n) is 3.04. The summed E-state index contributed by atoms with van der Waals surface area (Å²) in [4.78, 5) is 12.0. The van der Waals surface area contributed by atoms with E-state index in [0.717, 1.165) is 18.2 Å². The molecule has 1 saturated heterocycles. The van der Waals surface area contributed by atoms with Gasteiger partial charge in [0.15, 0.2) is 0 Å². The maximum Gasteiger partial charge on any atom is 0.257 e. The van der Waals surface area contributed by atoms with Crippen molar-refractivity contribution in [3.05, 3.63) is 57.0 Å². The van der Waals surface area contributed by atoms with Crippen molar-refractivity contribution in [1.29, 1.82) is 0 Å². The Morgan fingerprint density at radius 2 is 1.83 bits per heavy atom. The lowest BCUT2D eigenvalue weighted by Crippen LogP contribution is -2.38. The van der Waals surface area contributed by atoms with Gasteiger partial charge in [0.2, 0.25) is 10.0 Å². The molecule has 29 heavy (non-hydrogen) atoms. The van der Waals surface area contributed by atoms with Crippen LogP contribution in [0.5, 0.6) is 0 Å². The van der Waals surface area contributed by atoms with Crippen LogP contribution in [0.4, 0.5) is 14.5 Å². The second-order valence-electron chi connectivity index (χ2n) is 6.93. The second-order valence-corrected chi connectivity index (χ2v) is 10.1. The van der Waals surface area contributed by atoms with Crippen LogP contribution in [0.2, 0.25) is 5.02 Å². The molecule has 1 aliphatic rings. The molecule has 1 fully saturated rings. The number of halogens is 4. The van der Waals surface area contributed by atoms with Crippen LogP contribution in [-0.4, -0.2) is 31.7 Å². The molecule has 1 N–H and O–H groups in total. The van der Waals surface area contributed by atoms with E-state index in [0.29, 0.717) is 18.8 Å². The van der Waals surface area contributed by atoms with E-state index in [1.165, 1.54) is 16.4 Å². The maximum atomic E-state index is 14.5. The summed E-state index contributed by atoms with van der Waals surface area (Å²) in [5.74, 6) is -1.87. The Balaban J connectivity index is 1.92. The molecule has 0 radical (unpaired) electrons. The zero-order valence-corrected chi connectivity index (χ0v) is 18.5. The Bertz CT molecular complexity index is 1060. The Morgan fingerprint density at radius 3 is 2.45 bits per heavy atom. The lowest BCUT2D eigenvalue weighted by atomic mass is 10.0. The van der Waals surface area contributed by atoms with Crippen LogP contribution in [0, 0.1) is 17.6 Å². The summed E-state index contributed by atoms with van der Waals surface area (Å²) in [5, 5.41) is 2.27. The fourth-order valence-corrected chi connectivity index (χ4v) is 5.19. The average Bonchev–Trinajstić information content (AvgIpc) is 2.65. The summed E-state index contributed by atoms with van der Waals surface area (Å²) in [6.45, 7) is 2.61. The molecular weight excluding hydrogens is 490 g/mol. The highest BCUT2D eigenvalue weighted by Crippen LogP contribution is 2.30. The van der Waals surface area contributed by atoms with Crippen LogP contribution in [0.25, 0.3) is 0 Å². The van der Waals surface area contributed by atoms with E-state index in [2.05, 4.69) is 21.2 Å². The first-order valence-corrected chi connectivity index (χ1v) is 11.5. The van der Waals surface area contributed by atoms with Gasteiger partial charge in [-0.1, -0.05) is 18.5 Å². The molecule has 1 aliphatic heterocycles. The lowest BCUT2D eigenvalue weighted by Gasteiger charge is -2.29. The van der Waals surface area contributed by atoms with E-state index in [4.69, 9.17) is 11.6 Å². The summed E-state index contributed by atoms with van der Waals surface area (Å²) >= 11 is 9.01. The summed E-state index contributed by atoms with van der Waals surface area (Å²) in [6.07, 6.45) is 1.36. The fraction of sp³-hybridized carbons (Fsp3) is 0.316. The third-order valence-electron chi connectivity index (χ3n) is 4.80. The Labute approximate surface area is 181 Å². The number of sulfonamides is 1. The minimum absolute atomic E-state index is 0.142. The van der Waals surface area contributed by atoms with Gasteiger partial charge < -0.3 is 5.32 Å². The molecule has 1 heterocycles. The van der Waals surface area contributed by atoms with Crippen molar-refractivity contribution in [2.75, 3.05) is 18.4 Å². The quantitative estimate of drug-likeness (QED) is 0.629. The SMILES string of the molecule is CC1CCN(S(=O)(=O)c2cc(C(=O)Nc3ccc(F)c(Br)c3)c(Cl)cc2F)CC1. The number of hydrogen-bond acceptors (Lipinski definition) is 3. The topological polar surface area (TPSA) is 66.5 Å². The maximum absolute atomic E-state index is 14.5. The van der Waals surface area contributed by atoms with Gasteiger partial charge in [-0.05, 0) is 65.0 Å². The number of hydrogen-bond donors (Lipinski definition) is 1. The van der Waals surface area contributed by atoms with Gasteiger partial charge in [0.05, 0.1) is 15.1 Å². The van der Waals surface area contributed by atoms with Crippen LogP contribution in [0.1, 0.15) is 30.1 Å². The Morgan fingerprint density at radius 1 is 1.17 bits per heavy atom. The number of piperidine rings is 1. The van der Waals surface area contributed by atoms with E-state index in [1.54, 1.807) is 0 Å². The molecule has 2 aromatic rings. The van der Waals surface area contributed by atoms with Crippen molar-refractivity contribution < 1.29 is 22.0 Å². The number of rotatable bonds is 4. The van der Waals surface area contributed by atoms with Crippen LogP contribution in [0.3, 0.4) is 0 Å². The largest absolute Gasteiger partial charge is 0.322 e. The molecule has 0 atom stereocenters. The zero-order valence-electron chi connectivity index (χ0n) is 15.4. The van der Waals surface area contributed by atoms with Crippen molar-refractivity contribution in [2.24, 2.45) is 5.92 Å². The van der Waals surface area contributed by atoms with Gasteiger partial charge >= 0.3 is 0 Å². The molecule has 0 spiro atoms. The highest BCUT2D eigenvalue weighted by Gasteiger charge is 2.31. The monoisotopic (exact) mass is 506 g/mol. The molecule has 156 valence electrons. The van der Waals surface area contributed by atoms with E-state index >= 15 is 0 Å². The number of carbonyl (C=O) groups excluding carboxylic acids is 1. The van der Waals surface area contributed by atoms with Crippen LogP contribution < -0.4 is 5.32 Å². The molecule has 0 aliphatic carbocycles. The van der Waals surface area contributed by atoms with Gasteiger partial charge in [-0.25, -0.2) is 17.2 Å². The highest BCUT2D eigenvalue weighted by atomic mass is 79.9. The van der Waals surface area contributed by atoms with Gasteiger partial charge in [-0.2, -0.15) is 4.31 Å². The third kappa shape index (κ3) is 4.79.